The van der Waals surface area contributed by atoms with Crippen molar-refractivity contribution in [2.24, 2.45) is 0 Å². The maximum Gasteiger partial charge on any atom is 0.573 e. The van der Waals surface area contributed by atoms with Crippen LogP contribution in [-0.4, -0.2) is 42.4 Å². The minimum absolute atomic E-state index is 0.0514. The number of ether oxygens (including phenoxy) is 2. The van der Waals surface area contributed by atoms with Gasteiger partial charge in [-0.15, -0.1) is 13.2 Å². The number of carbonyl (C=O) groups excluding carboxylic acids is 1. The molecule has 0 bridgehead atoms. The number of Topliss-reactive ketones (excluding diaryl/α,β-unsaturated/α-hetero) is 1. The largest absolute Gasteiger partial charge is 0.573 e. The molecule has 35 heavy (non-hydrogen) atoms. The van der Waals surface area contributed by atoms with E-state index in [-0.39, 0.29) is 30.2 Å². The number of hydrogen-bond donors (Lipinski definition) is 0. The molecule has 2 heterocycles. The molecule has 2 atom stereocenters. The van der Waals surface area contributed by atoms with Gasteiger partial charge in [-0.2, -0.15) is 0 Å². The van der Waals surface area contributed by atoms with E-state index in [1.807, 2.05) is 39.0 Å². The molecule has 1 fully saturated rings. The third kappa shape index (κ3) is 6.19. The number of alkyl halides is 3. The molecule has 0 saturated carbocycles. The zero-order valence-electron chi connectivity index (χ0n) is 19.8. The Morgan fingerprint density at radius 3 is 2.34 bits per heavy atom. The molecule has 1 aromatic heterocycles. The van der Waals surface area contributed by atoms with Gasteiger partial charge in [0.1, 0.15) is 11.6 Å². The highest BCUT2D eigenvalue weighted by Gasteiger charge is 2.31. The summed E-state index contributed by atoms with van der Waals surface area (Å²) in [5, 5.41) is 0. The Balaban J connectivity index is 1.47. The number of nitrogens with zero attached hydrogens (tertiary/aromatic N) is 2. The van der Waals surface area contributed by atoms with Gasteiger partial charge in [0.2, 0.25) is 0 Å². The molecule has 1 aliphatic heterocycles. The van der Waals surface area contributed by atoms with Crippen molar-refractivity contribution in [3.63, 3.8) is 0 Å². The van der Waals surface area contributed by atoms with Gasteiger partial charge < -0.3 is 14.4 Å². The molecule has 0 amide bonds. The van der Waals surface area contributed by atoms with E-state index < -0.39 is 6.36 Å². The minimum Gasteiger partial charge on any atom is -0.406 e. The zero-order chi connectivity index (χ0) is 25.2. The lowest BCUT2D eigenvalue weighted by Crippen LogP contribution is -2.45. The summed E-state index contributed by atoms with van der Waals surface area (Å²) in [5.41, 5.74) is 3.62. The SMILES string of the molecule is Cc1c(C(=O)Cc2ccc(N3CC(C)OC(C)C3)nc2)cccc1-c1ccc(OC(F)(F)F)cc1. The molecule has 2 unspecified atom stereocenters. The molecule has 0 N–H and O–H groups in total. The second kappa shape index (κ2) is 10.1. The molecule has 184 valence electrons. The normalized spacial score (nSPS) is 18.4. The number of benzene rings is 2. The fourth-order valence-corrected chi connectivity index (χ4v) is 4.44. The van der Waals surface area contributed by atoms with Crippen molar-refractivity contribution >= 4 is 11.6 Å². The van der Waals surface area contributed by atoms with E-state index in [2.05, 4.69) is 14.6 Å². The van der Waals surface area contributed by atoms with Gasteiger partial charge in [-0.05, 0) is 61.2 Å². The van der Waals surface area contributed by atoms with Gasteiger partial charge in [0, 0.05) is 31.3 Å². The fourth-order valence-electron chi connectivity index (χ4n) is 4.44. The van der Waals surface area contributed by atoms with Crippen LogP contribution >= 0.6 is 0 Å². The number of morpholine rings is 1. The van der Waals surface area contributed by atoms with Crippen LogP contribution in [0.15, 0.2) is 60.8 Å². The number of anilines is 1. The van der Waals surface area contributed by atoms with E-state index in [1.165, 1.54) is 12.1 Å². The predicted octanol–water partition coefficient (Wildman–Crippen LogP) is 5.99. The van der Waals surface area contributed by atoms with Crippen LogP contribution < -0.4 is 9.64 Å². The number of aromatic nitrogens is 1. The van der Waals surface area contributed by atoms with Crippen LogP contribution in [0, 0.1) is 6.92 Å². The second-order valence-corrected chi connectivity index (χ2v) is 8.84. The van der Waals surface area contributed by atoms with Gasteiger partial charge >= 0.3 is 6.36 Å². The first-order valence-electron chi connectivity index (χ1n) is 11.4. The van der Waals surface area contributed by atoms with E-state index in [0.29, 0.717) is 11.1 Å². The topological polar surface area (TPSA) is 51.7 Å². The van der Waals surface area contributed by atoms with Crippen LogP contribution in [0.5, 0.6) is 5.75 Å². The highest BCUT2D eigenvalue weighted by Crippen LogP contribution is 2.30. The van der Waals surface area contributed by atoms with Crippen LogP contribution in [-0.2, 0) is 11.2 Å². The predicted molar refractivity (Wildman–Crippen MR) is 128 cm³/mol. The Kier molecular flexibility index (Phi) is 7.12. The van der Waals surface area contributed by atoms with Crippen molar-refractivity contribution in [3.05, 3.63) is 77.5 Å². The van der Waals surface area contributed by atoms with Crippen LogP contribution in [0.3, 0.4) is 0 Å². The number of halogens is 3. The Hall–Kier alpha value is -3.39. The van der Waals surface area contributed by atoms with E-state index in [0.717, 1.165) is 35.6 Å². The van der Waals surface area contributed by atoms with E-state index in [9.17, 15) is 18.0 Å². The first kappa shape index (κ1) is 24.7. The molecular formula is C27H27F3N2O3. The van der Waals surface area contributed by atoms with Crippen molar-refractivity contribution in [1.82, 2.24) is 4.98 Å². The minimum atomic E-state index is -4.74. The average molecular weight is 485 g/mol. The summed E-state index contributed by atoms with van der Waals surface area (Å²) < 4.78 is 47.0. The molecule has 0 aliphatic carbocycles. The number of ketones is 1. The van der Waals surface area contributed by atoms with Gasteiger partial charge in [0.05, 0.1) is 12.2 Å². The fraction of sp³-hybridized carbons (Fsp3) is 0.333. The van der Waals surface area contributed by atoms with Crippen LogP contribution in [0.4, 0.5) is 19.0 Å². The molecule has 1 saturated heterocycles. The zero-order valence-corrected chi connectivity index (χ0v) is 19.8. The standard InChI is InChI=1S/C27H27F3N2O3/c1-17-15-32(16-18(2)34-17)26-12-7-20(14-31-26)13-25(33)24-6-4-5-23(19(24)3)21-8-10-22(11-9-21)35-27(28,29)30/h4-12,14,17-18H,13,15-16H2,1-3H3. The van der Waals surface area contributed by atoms with Crippen molar-refractivity contribution in [2.75, 3.05) is 18.0 Å². The molecular weight excluding hydrogens is 457 g/mol. The summed E-state index contributed by atoms with van der Waals surface area (Å²) >= 11 is 0. The maximum absolute atomic E-state index is 13.1. The van der Waals surface area contributed by atoms with E-state index in [4.69, 9.17) is 4.74 Å². The van der Waals surface area contributed by atoms with Gasteiger partial charge in [-0.3, -0.25) is 4.79 Å². The average Bonchev–Trinajstić information content (AvgIpc) is 2.79. The van der Waals surface area contributed by atoms with Crippen molar-refractivity contribution in [3.8, 4) is 16.9 Å². The molecule has 0 spiro atoms. The number of rotatable bonds is 6. The highest BCUT2D eigenvalue weighted by atomic mass is 19.4. The van der Waals surface area contributed by atoms with Crippen molar-refractivity contribution in [1.29, 1.82) is 0 Å². The molecule has 3 aromatic rings. The van der Waals surface area contributed by atoms with Crippen LogP contribution in [0.25, 0.3) is 11.1 Å². The Morgan fingerprint density at radius 1 is 1.06 bits per heavy atom. The maximum atomic E-state index is 13.1. The summed E-state index contributed by atoms with van der Waals surface area (Å²) in [4.78, 5) is 19.9. The summed E-state index contributed by atoms with van der Waals surface area (Å²) in [6, 6.07) is 14.9. The molecule has 5 nitrogen and oxygen atoms in total. The van der Waals surface area contributed by atoms with Gasteiger partial charge in [0.25, 0.3) is 0 Å². The lowest BCUT2D eigenvalue weighted by atomic mass is 9.93. The Labute approximate surface area is 202 Å². The van der Waals surface area contributed by atoms with E-state index in [1.54, 1.807) is 30.5 Å². The Morgan fingerprint density at radius 2 is 1.74 bits per heavy atom. The van der Waals surface area contributed by atoms with Gasteiger partial charge in [0.15, 0.2) is 5.78 Å². The molecule has 4 rings (SSSR count). The smallest absolute Gasteiger partial charge is 0.406 e. The first-order valence-corrected chi connectivity index (χ1v) is 11.4. The van der Waals surface area contributed by atoms with E-state index >= 15 is 0 Å². The van der Waals surface area contributed by atoms with Crippen LogP contribution in [0.1, 0.15) is 35.3 Å². The summed E-state index contributed by atoms with van der Waals surface area (Å²) in [5.74, 6) is 0.520. The van der Waals surface area contributed by atoms with Gasteiger partial charge in [-0.1, -0.05) is 36.4 Å². The summed E-state index contributed by atoms with van der Waals surface area (Å²) in [6.45, 7) is 7.45. The summed E-state index contributed by atoms with van der Waals surface area (Å²) in [6.07, 6.45) is -2.55. The number of pyridine rings is 1. The summed E-state index contributed by atoms with van der Waals surface area (Å²) in [7, 11) is 0. The number of carbonyl (C=O) groups is 1. The molecule has 1 aliphatic rings. The first-order chi connectivity index (χ1) is 16.6. The quantitative estimate of drug-likeness (QED) is 0.402. The lowest BCUT2D eigenvalue weighted by molar-refractivity contribution is -0.274. The molecule has 0 radical (unpaired) electrons. The molecule has 2 aromatic carbocycles. The van der Waals surface area contributed by atoms with Crippen LogP contribution in [0.2, 0.25) is 0 Å². The second-order valence-electron chi connectivity index (χ2n) is 8.84. The monoisotopic (exact) mass is 484 g/mol. The Bertz CT molecular complexity index is 1170. The third-order valence-electron chi connectivity index (χ3n) is 5.95. The number of hydrogen-bond acceptors (Lipinski definition) is 5. The molecule has 8 heteroatoms. The third-order valence-corrected chi connectivity index (χ3v) is 5.95. The van der Waals surface area contributed by atoms with Gasteiger partial charge in [-0.25, -0.2) is 4.98 Å². The highest BCUT2D eigenvalue weighted by molar-refractivity contribution is 6.00. The van der Waals surface area contributed by atoms with Crippen molar-refractivity contribution in [2.45, 2.75) is 45.8 Å². The van der Waals surface area contributed by atoms with Crippen molar-refractivity contribution < 1.29 is 27.4 Å². The lowest BCUT2D eigenvalue weighted by Gasteiger charge is -2.36.